The second-order valence-corrected chi connectivity index (χ2v) is 5.77. The van der Waals surface area contributed by atoms with Gasteiger partial charge in [0.1, 0.15) is 18.7 Å². The van der Waals surface area contributed by atoms with E-state index in [4.69, 9.17) is 9.84 Å². The Morgan fingerprint density at radius 3 is 2.72 bits per heavy atom. The van der Waals surface area contributed by atoms with Crippen LogP contribution in [0.4, 0.5) is 0 Å². The van der Waals surface area contributed by atoms with E-state index in [1.54, 1.807) is 0 Å². The second kappa shape index (κ2) is 8.98. The molecule has 1 unspecified atom stereocenters. The minimum atomic E-state index is -1.01. The molecular formula is C18H22N2O5. The van der Waals surface area contributed by atoms with E-state index in [1.165, 1.54) is 11.0 Å². The number of carbonyl (C=O) groups excluding carboxylic acids is 2. The molecule has 2 atom stereocenters. The number of ether oxygens (including phenoxy) is 1. The van der Waals surface area contributed by atoms with E-state index in [1.807, 2.05) is 30.3 Å². The topological polar surface area (TPSA) is 95.9 Å². The molecule has 7 nitrogen and oxygen atoms in total. The molecule has 25 heavy (non-hydrogen) atoms. The summed E-state index contributed by atoms with van der Waals surface area (Å²) in [5.41, 5.74) is 0.858. The van der Waals surface area contributed by atoms with E-state index in [9.17, 15) is 14.4 Å². The van der Waals surface area contributed by atoms with E-state index in [0.29, 0.717) is 19.4 Å². The van der Waals surface area contributed by atoms with Gasteiger partial charge in [0.15, 0.2) is 0 Å². The fourth-order valence-electron chi connectivity index (χ4n) is 2.70. The minimum absolute atomic E-state index is 0.132. The standard InChI is InChI=1S/C18H22N2O5/c1-2-14(18(24)25-12-13-7-4-3-5-8-13)19-11-16(21)20-10-6-9-15(20)17(22)23/h2-5,7-8,14-15,19H,1,6,9-12H2,(H,22,23)/t14?,15-/m0/s1. The first kappa shape index (κ1) is 18.7. The van der Waals surface area contributed by atoms with Gasteiger partial charge < -0.3 is 14.7 Å². The Balaban J connectivity index is 1.82. The molecular weight excluding hydrogens is 324 g/mol. The van der Waals surface area contributed by atoms with Crippen LogP contribution in [0.5, 0.6) is 0 Å². The summed E-state index contributed by atoms with van der Waals surface area (Å²) in [7, 11) is 0. The summed E-state index contributed by atoms with van der Waals surface area (Å²) >= 11 is 0. The summed E-state index contributed by atoms with van der Waals surface area (Å²) in [6, 6.07) is 7.62. The average molecular weight is 346 g/mol. The summed E-state index contributed by atoms with van der Waals surface area (Å²) in [6.07, 6.45) is 2.47. The zero-order chi connectivity index (χ0) is 18.2. The lowest BCUT2D eigenvalue weighted by Crippen LogP contribution is -2.47. The molecule has 1 aromatic carbocycles. The summed E-state index contributed by atoms with van der Waals surface area (Å²) in [4.78, 5) is 36.7. The first-order valence-electron chi connectivity index (χ1n) is 8.11. The van der Waals surface area contributed by atoms with Crippen LogP contribution in [0.3, 0.4) is 0 Å². The highest BCUT2D eigenvalue weighted by atomic mass is 16.5. The Morgan fingerprint density at radius 2 is 2.08 bits per heavy atom. The van der Waals surface area contributed by atoms with Crippen molar-refractivity contribution in [1.29, 1.82) is 0 Å². The fourth-order valence-corrected chi connectivity index (χ4v) is 2.70. The summed E-state index contributed by atoms with van der Waals surface area (Å²) in [5.74, 6) is -1.90. The number of amides is 1. The van der Waals surface area contributed by atoms with Crippen LogP contribution in [0, 0.1) is 0 Å². The highest BCUT2D eigenvalue weighted by molar-refractivity contribution is 5.86. The normalized spacial score (nSPS) is 17.8. The molecule has 1 heterocycles. The Labute approximate surface area is 146 Å². The van der Waals surface area contributed by atoms with E-state index < -0.39 is 24.0 Å². The van der Waals surface area contributed by atoms with Crippen LogP contribution >= 0.6 is 0 Å². The first-order chi connectivity index (χ1) is 12.0. The maximum absolute atomic E-state index is 12.2. The van der Waals surface area contributed by atoms with Gasteiger partial charge in [-0.1, -0.05) is 36.4 Å². The molecule has 134 valence electrons. The van der Waals surface area contributed by atoms with Crippen molar-refractivity contribution in [3.63, 3.8) is 0 Å². The number of aliphatic carboxylic acids is 1. The highest BCUT2D eigenvalue weighted by Crippen LogP contribution is 2.17. The molecule has 1 aliphatic heterocycles. The molecule has 0 spiro atoms. The number of nitrogens with one attached hydrogen (secondary N) is 1. The van der Waals surface area contributed by atoms with Crippen LogP contribution in [-0.4, -0.2) is 53.0 Å². The van der Waals surface area contributed by atoms with Crippen LogP contribution in [0.1, 0.15) is 18.4 Å². The number of hydrogen-bond acceptors (Lipinski definition) is 5. The largest absolute Gasteiger partial charge is 0.480 e. The Morgan fingerprint density at radius 1 is 1.36 bits per heavy atom. The van der Waals surface area contributed by atoms with Gasteiger partial charge in [0.2, 0.25) is 5.91 Å². The van der Waals surface area contributed by atoms with Gasteiger partial charge >= 0.3 is 11.9 Å². The van der Waals surface area contributed by atoms with Crippen LogP contribution in [0.15, 0.2) is 43.0 Å². The molecule has 0 aromatic heterocycles. The van der Waals surface area contributed by atoms with E-state index in [0.717, 1.165) is 5.56 Å². The lowest BCUT2D eigenvalue weighted by atomic mass is 10.2. The van der Waals surface area contributed by atoms with E-state index in [2.05, 4.69) is 11.9 Å². The fraction of sp³-hybridized carbons (Fsp3) is 0.389. The van der Waals surface area contributed by atoms with Crippen molar-refractivity contribution in [2.24, 2.45) is 0 Å². The number of esters is 1. The van der Waals surface area contributed by atoms with Gasteiger partial charge in [-0.3, -0.25) is 10.1 Å². The molecule has 2 N–H and O–H groups in total. The third-order valence-corrected chi connectivity index (χ3v) is 4.04. The molecule has 0 radical (unpaired) electrons. The van der Waals surface area contributed by atoms with Crippen LogP contribution in [0.2, 0.25) is 0 Å². The molecule has 1 aromatic rings. The molecule has 1 aliphatic rings. The van der Waals surface area contributed by atoms with Gasteiger partial charge in [0.25, 0.3) is 0 Å². The SMILES string of the molecule is C=CC(NCC(=O)N1CCC[C@H]1C(=O)O)C(=O)OCc1ccccc1. The van der Waals surface area contributed by atoms with Gasteiger partial charge in [-0.25, -0.2) is 9.59 Å². The van der Waals surface area contributed by atoms with Gasteiger partial charge in [0, 0.05) is 6.54 Å². The van der Waals surface area contributed by atoms with Gasteiger partial charge in [-0.2, -0.15) is 0 Å². The molecule has 0 saturated carbocycles. The zero-order valence-corrected chi connectivity index (χ0v) is 13.9. The van der Waals surface area contributed by atoms with Crippen molar-refractivity contribution >= 4 is 17.8 Å². The molecule has 1 saturated heterocycles. The first-order valence-corrected chi connectivity index (χ1v) is 8.11. The van der Waals surface area contributed by atoms with E-state index >= 15 is 0 Å². The maximum atomic E-state index is 12.2. The highest BCUT2D eigenvalue weighted by Gasteiger charge is 2.34. The average Bonchev–Trinajstić information content (AvgIpc) is 3.11. The van der Waals surface area contributed by atoms with Gasteiger partial charge in [-0.05, 0) is 18.4 Å². The second-order valence-electron chi connectivity index (χ2n) is 5.77. The Hall–Kier alpha value is -2.67. The van der Waals surface area contributed by atoms with Gasteiger partial charge in [-0.15, -0.1) is 6.58 Å². The van der Waals surface area contributed by atoms with Crippen molar-refractivity contribution in [2.45, 2.75) is 31.5 Å². The maximum Gasteiger partial charge on any atom is 0.327 e. The smallest absolute Gasteiger partial charge is 0.327 e. The molecule has 1 amide bonds. The van der Waals surface area contributed by atoms with Crippen molar-refractivity contribution in [2.75, 3.05) is 13.1 Å². The number of carboxylic acid groups (broad SMARTS) is 1. The third-order valence-electron chi connectivity index (χ3n) is 4.04. The van der Waals surface area contributed by atoms with Crippen LogP contribution in [-0.2, 0) is 25.7 Å². The number of carboxylic acids is 1. The Kier molecular flexibility index (Phi) is 6.71. The van der Waals surface area contributed by atoms with Crippen molar-refractivity contribution < 1.29 is 24.2 Å². The number of nitrogens with zero attached hydrogens (tertiary/aromatic N) is 1. The zero-order valence-electron chi connectivity index (χ0n) is 13.9. The monoisotopic (exact) mass is 346 g/mol. The van der Waals surface area contributed by atoms with Crippen molar-refractivity contribution in [3.8, 4) is 0 Å². The quantitative estimate of drug-likeness (QED) is 0.537. The molecule has 2 rings (SSSR count). The number of benzene rings is 1. The lowest BCUT2D eigenvalue weighted by molar-refractivity contribution is -0.149. The predicted octanol–water partition coefficient (Wildman–Crippen LogP) is 0.950. The predicted molar refractivity (Wildman–Crippen MR) is 90.6 cm³/mol. The molecule has 0 aliphatic carbocycles. The van der Waals surface area contributed by atoms with Crippen LogP contribution < -0.4 is 5.32 Å². The molecule has 1 fully saturated rings. The van der Waals surface area contributed by atoms with E-state index in [-0.39, 0.29) is 19.1 Å². The number of rotatable bonds is 8. The number of likely N-dealkylation sites (tertiary alicyclic amines) is 1. The third kappa shape index (κ3) is 5.15. The molecule has 7 heteroatoms. The minimum Gasteiger partial charge on any atom is -0.480 e. The Bertz CT molecular complexity index is 632. The summed E-state index contributed by atoms with van der Waals surface area (Å²) < 4.78 is 5.21. The lowest BCUT2D eigenvalue weighted by Gasteiger charge is -2.22. The summed E-state index contributed by atoms with van der Waals surface area (Å²) in [5, 5.41) is 11.9. The number of hydrogen-bond donors (Lipinski definition) is 2. The van der Waals surface area contributed by atoms with Gasteiger partial charge in [0.05, 0.1) is 6.54 Å². The molecule has 0 bridgehead atoms. The van der Waals surface area contributed by atoms with Crippen molar-refractivity contribution in [3.05, 3.63) is 48.6 Å². The number of carbonyl (C=O) groups is 3. The summed E-state index contributed by atoms with van der Waals surface area (Å²) in [6.45, 7) is 3.96. The van der Waals surface area contributed by atoms with Crippen molar-refractivity contribution in [1.82, 2.24) is 10.2 Å². The van der Waals surface area contributed by atoms with Crippen LogP contribution in [0.25, 0.3) is 0 Å².